The van der Waals surface area contributed by atoms with Crippen LogP contribution < -0.4 is 0 Å². The molecule has 24 heavy (non-hydrogen) atoms. The van der Waals surface area contributed by atoms with Gasteiger partial charge in [0.2, 0.25) is 0 Å². The van der Waals surface area contributed by atoms with E-state index >= 15 is 0 Å². The predicted octanol–water partition coefficient (Wildman–Crippen LogP) is 3.50. The SMILES string of the molecule is Cc1ccc2sc(C(=O)N3CCCCC3Cn3ccnn3)cc2c1. The number of likely N-dealkylation sites (tertiary alicyclic amines) is 1. The lowest BCUT2D eigenvalue weighted by Crippen LogP contribution is -2.45. The van der Waals surface area contributed by atoms with E-state index in [2.05, 4.69) is 35.4 Å². The van der Waals surface area contributed by atoms with Gasteiger partial charge in [-0.25, -0.2) is 0 Å². The quantitative estimate of drug-likeness (QED) is 0.733. The zero-order chi connectivity index (χ0) is 16.5. The molecule has 124 valence electrons. The van der Waals surface area contributed by atoms with Gasteiger partial charge in [0, 0.05) is 17.4 Å². The molecule has 5 nitrogen and oxygen atoms in total. The summed E-state index contributed by atoms with van der Waals surface area (Å²) in [6.07, 6.45) is 6.80. The van der Waals surface area contributed by atoms with Crippen molar-refractivity contribution < 1.29 is 4.79 Å². The molecule has 1 atom stereocenters. The molecule has 1 amide bonds. The normalized spacial score (nSPS) is 18.2. The van der Waals surface area contributed by atoms with E-state index < -0.39 is 0 Å². The highest BCUT2D eigenvalue weighted by molar-refractivity contribution is 7.20. The first kappa shape index (κ1) is 15.3. The number of amides is 1. The standard InChI is InChI=1S/C18H20N4OS/c1-13-5-6-16-14(10-13)11-17(24-16)18(23)22-8-3-2-4-15(22)12-21-9-7-19-20-21/h5-7,9-11,15H,2-4,8,12H2,1H3. The summed E-state index contributed by atoms with van der Waals surface area (Å²) >= 11 is 1.59. The van der Waals surface area contributed by atoms with Gasteiger partial charge in [-0.1, -0.05) is 22.9 Å². The van der Waals surface area contributed by atoms with Crippen LogP contribution in [0.2, 0.25) is 0 Å². The molecule has 6 heteroatoms. The van der Waals surface area contributed by atoms with Crippen LogP contribution in [0.1, 0.15) is 34.5 Å². The minimum absolute atomic E-state index is 0.152. The largest absolute Gasteiger partial charge is 0.333 e. The van der Waals surface area contributed by atoms with Crippen molar-refractivity contribution in [3.63, 3.8) is 0 Å². The summed E-state index contributed by atoms with van der Waals surface area (Å²) in [4.78, 5) is 15.9. The number of rotatable bonds is 3. The molecule has 0 saturated carbocycles. The second-order valence-electron chi connectivity index (χ2n) is 6.43. The first-order valence-electron chi connectivity index (χ1n) is 8.36. The number of benzene rings is 1. The van der Waals surface area contributed by atoms with Crippen LogP contribution in [-0.2, 0) is 6.54 Å². The van der Waals surface area contributed by atoms with E-state index in [1.54, 1.807) is 17.5 Å². The summed E-state index contributed by atoms with van der Waals surface area (Å²) in [5, 5.41) is 9.08. The molecule has 3 aromatic rings. The van der Waals surface area contributed by atoms with Gasteiger partial charge in [0.05, 0.1) is 23.7 Å². The minimum Gasteiger partial charge on any atom is -0.333 e. The zero-order valence-corrected chi connectivity index (χ0v) is 14.5. The van der Waals surface area contributed by atoms with Crippen LogP contribution >= 0.6 is 11.3 Å². The Morgan fingerprint density at radius 1 is 1.33 bits per heavy atom. The van der Waals surface area contributed by atoms with Gasteiger partial charge in [0.1, 0.15) is 0 Å². The molecular formula is C18H20N4OS. The molecule has 0 spiro atoms. The van der Waals surface area contributed by atoms with E-state index in [-0.39, 0.29) is 11.9 Å². The van der Waals surface area contributed by atoms with E-state index in [1.165, 1.54) is 10.3 Å². The highest BCUT2D eigenvalue weighted by Crippen LogP contribution is 2.29. The van der Waals surface area contributed by atoms with Crippen LogP contribution in [0.15, 0.2) is 36.7 Å². The van der Waals surface area contributed by atoms with Gasteiger partial charge in [-0.15, -0.1) is 16.4 Å². The van der Waals surface area contributed by atoms with Crippen molar-refractivity contribution in [2.24, 2.45) is 0 Å². The van der Waals surface area contributed by atoms with Crippen LogP contribution in [0.25, 0.3) is 10.1 Å². The Morgan fingerprint density at radius 2 is 2.25 bits per heavy atom. The molecule has 1 aromatic carbocycles. The molecule has 0 aliphatic carbocycles. The number of carbonyl (C=O) groups is 1. The summed E-state index contributed by atoms with van der Waals surface area (Å²) in [6, 6.07) is 8.58. The van der Waals surface area contributed by atoms with Gasteiger partial charge < -0.3 is 4.90 Å². The average molecular weight is 340 g/mol. The van der Waals surface area contributed by atoms with Crippen molar-refractivity contribution >= 4 is 27.3 Å². The van der Waals surface area contributed by atoms with Crippen molar-refractivity contribution in [1.29, 1.82) is 0 Å². The number of hydrogen-bond acceptors (Lipinski definition) is 4. The molecule has 3 heterocycles. The predicted molar refractivity (Wildman–Crippen MR) is 95.3 cm³/mol. The van der Waals surface area contributed by atoms with Gasteiger partial charge in [-0.05, 0) is 43.7 Å². The Morgan fingerprint density at radius 3 is 3.08 bits per heavy atom. The number of thiophene rings is 1. The first-order valence-corrected chi connectivity index (χ1v) is 9.17. The number of nitrogens with zero attached hydrogens (tertiary/aromatic N) is 4. The molecule has 2 aromatic heterocycles. The van der Waals surface area contributed by atoms with E-state index in [9.17, 15) is 4.79 Å². The van der Waals surface area contributed by atoms with E-state index in [4.69, 9.17) is 0 Å². The lowest BCUT2D eigenvalue weighted by molar-refractivity contribution is 0.0588. The minimum atomic E-state index is 0.152. The van der Waals surface area contributed by atoms with Crippen LogP contribution in [0.3, 0.4) is 0 Å². The van der Waals surface area contributed by atoms with Gasteiger partial charge in [-0.3, -0.25) is 9.48 Å². The van der Waals surface area contributed by atoms with E-state index in [0.717, 1.165) is 42.6 Å². The summed E-state index contributed by atoms with van der Waals surface area (Å²) in [7, 11) is 0. The van der Waals surface area contributed by atoms with Crippen LogP contribution in [-0.4, -0.2) is 38.4 Å². The molecule has 4 rings (SSSR count). The summed E-state index contributed by atoms with van der Waals surface area (Å²) in [5.74, 6) is 0.152. The highest BCUT2D eigenvalue weighted by Gasteiger charge is 2.29. The number of piperidine rings is 1. The third kappa shape index (κ3) is 2.94. The smallest absolute Gasteiger partial charge is 0.264 e. The first-order chi connectivity index (χ1) is 11.7. The van der Waals surface area contributed by atoms with Crippen LogP contribution in [0, 0.1) is 6.92 Å². The third-order valence-corrected chi connectivity index (χ3v) is 5.74. The Bertz CT molecular complexity index is 855. The molecule has 1 fully saturated rings. The average Bonchev–Trinajstić information content (AvgIpc) is 3.23. The monoisotopic (exact) mass is 340 g/mol. The van der Waals surface area contributed by atoms with Crippen molar-refractivity contribution in [3.05, 3.63) is 47.1 Å². The number of aryl methyl sites for hydroxylation is 1. The van der Waals surface area contributed by atoms with Crippen molar-refractivity contribution in [2.45, 2.75) is 38.8 Å². The molecule has 0 bridgehead atoms. The van der Waals surface area contributed by atoms with Gasteiger partial charge in [0.15, 0.2) is 0 Å². The number of hydrogen-bond donors (Lipinski definition) is 0. The summed E-state index contributed by atoms with van der Waals surface area (Å²) in [5.41, 5.74) is 1.22. The Hall–Kier alpha value is -2.21. The Balaban J connectivity index is 1.60. The lowest BCUT2D eigenvalue weighted by Gasteiger charge is -2.35. The fourth-order valence-electron chi connectivity index (χ4n) is 3.41. The molecule has 1 unspecified atom stereocenters. The third-order valence-electron chi connectivity index (χ3n) is 4.64. The number of fused-ring (bicyclic) bond motifs is 1. The zero-order valence-electron chi connectivity index (χ0n) is 13.7. The van der Waals surface area contributed by atoms with E-state index in [1.807, 2.05) is 21.8 Å². The molecule has 0 N–H and O–H groups in total. The van der Waals surface area contributed by atoms with Gasteiger partial charge in [-0.2, -0.15) is 0 Å². The highest BCUT2D eigenvalue weighted by atomic mass is 32.1. The molecule has 1 aliphatic rings. The fraction of sp³-hybridized carbons (Fsp3) is 0.389. The van der Waals surface area contributed by atoms with Crippen molar-refractivity contribution in [1.82, 2.24) is 19.9 Å². The van der Waals surface area contributed by atoms with Crippen molar-refractivity contribution in [2.75, 3.05) is 6.54 Å². The fourth-order valence-corrected chi connectivity index (χ4v) is 4.41. The second-order valence-corrected chi connectivity index (χ2v) is 7.51. The van der Waals surface area contributed by atoms with Gasteiger partial charge >= 0.3 is 0 Å². The van der Waals surface area contributed by atoms with Crippen LogP contribution in [0.5, 0.6) is 0 Å². The number of aromatic nitrogens is 3. The lowest BCUT2D eigenvalue weighted by atomic mass is 10.0. The Kier molecular flexibility index (Phi) is 4.06. The topological polar surface area (TPSA) is 51.0 Å². The maximum absolute atomic E-state index is 13.1. The molecular weight excluding hydrogens is 320 g/mol. The maximum atomic E-state index is 13.1. The molecule has 0 radical (unpaired) electrons. The van der Waals surface area contributed by atoms with E-state index in [0.29, 0.717) is 0 Å². The maximum Gasteiger partial charge on any atom is 0.264 e. The second kappa shape index (κ2) is 6.36. The van der Waals surface area contributed by atoms with Crippen LogP contribution in [0.4, 0.5) is 0 Å². The van der Waals surface area contributed by atoms with Gasteiger partial charge in [0.25, 0.3) is 5.91 Å². The van der Waals surface area contributed by atoms with Crippen molar-refractivity contribution in [3.8, 4) is 0 Å². The molecule has 1 aliphatic heterocycles. The summed E-state index contributed by atoms with van der Waals surface area (Å²) < 4.78 is 3.00. The summed E-state index contributed by atoms with van der Waals surface area (Å²) in [6.45, 7) is 3.62. The molecule has 1 saturated heterocycles. The number of carbonyl (C=O) groups excluding carboxylic acids is 1. The Labute approximate surface area is 144 Å².